The number of nitrogens with one attached hydrogen (secondary N) is 1. The number of aliphatic hydroxyl groups is 1. The number of benzene rings is 2. The Morgan fingerprint density at radius 1 is 1.18 bits per heavy atom. The van der Waals surface area contributed by atoms with E-state index < -0.39 is 6.10 Å². The Morgan fingerprint density at radius 2 is 2.00 bits per heavy atom. The van der Waals surface area contributed by atoms with Crippen molar-refractivity contribution in [2.75, 3.05) is 25.0 Å². The van der Waals surface area contributed by atoms with Gasteiger partial charge in [-0.3, -0.25) is 4.79 Å². The second kappa shape index (κ2) is 8.64. The van der Waals surface area contributed by atoms with Gasteiger partial charge in [-0.1, -0.05) is 48.0 Å². The highest BCUT2D eigenvalue weighted by Gasteiger charge is 2.26. The molecule has 0 aliphatic carbocycles. The average Bonchev–Trinajstić information content (AvgIpc) is 2.69. The Morgan fingerprint density at radius 3 is 2.82 bits per heavy atom. The first-order chi connectivity index (χ1) is 13.6. The van der Waals surface area contributed by atoms with E-state index >= 15 is 0 Å². The standard InChI is InChI=1S/C23H27ClN2O2/c24-23-18-9-11-22(28)25-20(18)10-8-19(23)21(27)15-26-12-4-7-17(14-26)13-16-5-2-1-3-6-16/h1-3,5-6,8,10,17,21,27H,4,7,9,11-15H2,(H,25,28)/t17-,21?/m0/s1. The Labute approximate surface area is 171 Å². The molecule has 2 N–H and O–H groups in total. The summed E-state index contributed by atoms with van der Waals surface area (Å²) < 4.78 is 0. The number of aliphatic hydroxyl groups excluding tert-OH is 1. The first-order valence-electron chi connectivity index (χ1n) is 10.2. The van der Waals surface area contributed by atoms with E-state index in [1.54, 1.807) is 0 Å². The number of halogens is 1. The van der Waals surface area contributed by atoms with Crippen LogP contribution >= 0.6 is 11.6 Å². The molecular formula is C23H27ClN2O2. The fourth-order valence-electron chi connectivity index (χ4n) is 4.48. The summed E-state index contributed by atoms with van der Waals surface area (Å²) in [7, 11) is 0. The van der Waals surface area contributed by atoms with Crippen LogP contribution in [0.3, 0.4) is 0 Å². The summed E-state index contributed by atoms with van der Waals surface area (Å²) in [5.74, 6) is 0.646. The highest BCUT2D eigenvalue weighted by Crippen LogP contribution is 2.35. The number of β-amino-alcohol motifs (C(OH)–C–C–N with tert-alkyl or cyclic N) is 1. The molecule has 4 nitrogen and oxygen atoms in total. The summed E-state index contributed by atoms with van der Waals surface area (Å²) in [5, 5.41) is 14.3. The number of anilines is 1. The van der Waals surface area contributed by atoms with E-state index in [1.165, 1.54) is 12.0 Å². The predicted octanol–water partition coefficient (Wildman–Crippen LogP) is 4.21. The third-order valence-corrected chi connectivity index (χ3v) is 6.36. The van der Waals surface area contributed by atoms with Gasteiger partial charge in [0.25, 0.3) is 0 Å². The summed E-state index contributed by atoms with van der Waals surface area (Å²) in [6, 6.07) is 14.4. The van der Waals surface area contributed by atoms with Crippen LogP contribution in [-0.4, -0.2) is 35.5 Å². The molecule has 2 aromatic carbocycles. The van der Waals surface area contributed by atoms with E-state index in [9.17, 15) is 9.90 Å². The fourth-order valence-corrected chi connectivity index (χ4v) is 4.87. The van der Waals surface area contributed by atoms with Gasteiger partial charge in [-0.05, 0) is 55.3 Å². The SMILES string of the molecule is O=C1CCc2c(ccc(C(O)CN3CCC[C@@H](Cc4ccccc4)C3)c2Cl)N1. The fraction of sp³-hybridized carbons (Fsp3) is 0.435. The molecule has 5 heteroatoms. The zero-order chi connectivity index (χ0) is 19.5. The van der Waals surface area contributed by atoms with Crippen LogP contribution < -0.4 is 5.32 Å². The zero-order valence-corrected chi connectivity index (χ0v) is 16.8. The first-order valence-corrected chi connectivity index (χ1v) is 10.5. The minimum absolute atomic E-state index is 0.0228. The lowest BCUT2D eigenvalue weighted by Gasteiger charge is -2.34. The molecule has 28 heavy (non-hydrogen) atoms. The van der Waals surface area contributed by atoms with Crippen molar-refractivity contribution in [3.05, 3.63) is 64.2 Å². The van der Waals surface area contributed by atoms with Crippen molar-refractivity contribution in [2.24, 2.45) is 5.92 Å². The van der Waals surface area contributed by atoms with E-state index in [2.05, 4.69) is 40.5 Å². The molecule has 2 aliphatic rings. The second-order valence-corrected chi connectivity index (χ2v) is 8.39. The molecule has 0 spiro atoms. The third kappa shape index (κ3) is 4.40. The average molecular weight is 399 g/mol. The lowest BCUT2D eigenvalue weighted by molar-refractivity contribution is -0.116. The van der Waals surface area contributed by atoms with Crippen LogP contribution in [0.15, 0.2) is 42.5 Å². The summed E-state index contributed by atoms with van der Waals surface area (Å²) >= 11 is 6.59. The van der Waals surface area contributed by atoms with Gasteiger partial charge in [0.1, 0.15) is 0 Å². The maximum atomic E-state index is 11.6. The van der Waals surface area contributed by atoms with Gasteiger partial charge in [0.05, 0.1) is 11.1 Å². The third-order valence-electron chi connectivity index (χ3n) is 5.91. The normalized spacial score (nSPS) is 21.1. The predicted molar refractivity (Wildman–Crippen MR) is 113 cm³/mol. The topological polar surface area (TPSA) is 52.6 Å². The molecule has 148 valence electrons. The maximum Gasteiger partial charge on any atom is 0.224 e. The molecule has 1 fully saturated rings. The van der Waals surface area contributed by atoms with Crippen LogP contribution in [0.4, 0.5) is 5.69 Å². The number of nitrogens with zero attached hydrogens (tertiary/aromatic N) is 1. The maximum absolute atomic E-state index is 11.6. The van der Waals surface area contributed by atoms with Crippen LogP contribution in [0.25, 0.3) is 0 Å². The van der Waals surface area contributed by atoms with E-state index in [1.807, 2.05) is 12.1 Å². The largest absolute Gasteiger partial charge is 0.387 e. The van der Waals surface area contributed by atoms with E-state index in [0.717, 1.165) is 42.7 Å². The summed E-state index contributed by atoms with van der Waals surface area (Å²) in [5.41, 5.74) is 3.87. The van der Waals surface area contributed by atoms with E-state index in [4.69, 9.17) is 11.6 Å². The number of piperidine rings is 1. The number of amides is 1. The van der Waals surface area contributed by atoms with Gasteiger partial charge in [-0.25, -0.2) is 0 Å². The Balaban J connectivity index is 1.40. The molecule has 2 heterocycles. The van der Waals surface area contributed by atoms with Crippen molar-refractivity contribution >= 4 is 23.2 Å². The minimum Gasteiger partial charge on any atom is -0.387 e. The quantitative estimate of drug-likeness (QED) is 0.793. The Kier molecular flexibility index (Phi) is 6.00. The first kappa shape index (κ1) is 19.4. The highest BCUT2D eigenvalue weighted by atomic mass is 35.5. The van der Waals surface area contributed by atoms with Crippen LogP contribution in [0, 0.1) is 5.92 Å². The van der Waals surface area contributed by atoms with Crippen molar-refractivity contribution in [2.45, 2.75) is 38.2 Å². The van der Waals surface area contributed by atoms with Gasteiger partial charge in [-0.15, -0.1) is 0 Å². The van der Waals surface area contributed by atoms with Gasteiger partial charge in [-0.2, -0.15) is 0 Å². The zero-order valence-electron chi connectivity index (χ0n) is 16.0. The molecule has 0 saturated carbocycles. The van der Waals surface area contributed by atoms with E-state index in [0.29, 0.717) is 30.3 Å². The highest BCUT2D eigenvalue weighted by molar-refractivity contribution is 6.32. The monoisotopic (exact) mass is 398 g/mol. The molecule has 0 aromatic heterocycles. The molecule has 0 radical (unpaired) electrons. The van der Waals surface area contributed by atoms with Gasteiger partial charge >= 0.3 is 0 Å². The van der Waals surface area contributed by atoms with Crippen molar-refractivity contribution in [1.82, 2.24) is 4.90 Å². The Hall–Kier alpha value is -1.88. The summed E-state index contributed by atoms with van der Waals surface area (Å²) in [6.45, 7) is 2.61. The molecule has 2 atom stereocenters. The second-order valence-electron chi connectivity index (χ2n) is 8.02. The van der Waals surface area contributed by atoms with Gasteiger partial charge in [0, 0.05) is 30.8 Å². The Bertz CT molecular complexity index is 840. The van der Waals surface area contributed by atoms with Crippen molar-refractivity contribution in [1.29, 1.82) is 0 Å². The number of fused-ring (bicyclic) bond motifs is 1. The summed E-state index contributed by atoms with van der Waals surface area (Å²) in [4.78, 5) is 13.9. The number of rotatable bonds is 5. The van der Waals surface area contributed by atoms with Crippen LogP contribution in [-0.2, 0) is 17.6 Å². The molecule has 1 unspecified atom stereocenters. The minimum atomic E-state index is -0.620. The molecule has 4 rings (SSSR count). The number of hydrogen-bond acceptors (Lipinski definition) is 3. The molecule has 2 aliphatic heterocycles. The molecule has 0 bridgehead atoms. The lowest BCUT2D eigenvalue weighted by Crippen LogP contribution is -2.38. The molecule has 1 saturated heterocycles. The van der Waals surface area contributed by atoms with Crippen molar-refractivity contribution in [3.63, 3.8) is 0 Å². The van der Waals surface area contributed by atoms with Crippen LogP contribution in [0.1, 0.15) is 42.1 Å². The van der Waals surface area contributed by atoms with Crippen LogP contribution in [0.2, 0.25) is 5.02 Å². The number of carbonyl (C=O) groups excluding carboxylic acids is 1. The lowest BCUT2D eigenvalue weighted by atomic mass is 9.91. The number of carbonyl (C=O) groups is 1. The number of likely N-dealkylation sites (tertiary alicyclic amines) is 1. The molecule has 1 amide bonds. The van der Waals surface area contributed by atoms with Gasteiger partial charge < -0.3 is 15.3 Å². The van der Waals surface area contributed by atoms with Gasteiger partial charge in [0.15, 0.2) is 0 Å². The molecular weight excluding hydrogens is 372 g/mol. The van der Waals surface area contributed by atoms with Crippen molar-refractivity contribution < 1.29 is 9.90 Å². The van der Waals surface area contributed by atoms with Crippen molar-refractivity contribution in [3.8, 4) is 0 Å². The number of hydrogen-bond donors (Lipinski definition) is 2. The smallest absolute Gasteiger partial charge is 0.224 e. The van der Waals surface area contributed by atoms with E-state index in [-0.39, 0.29) is 5.91 Å². The summed E-state index contributed by atoms with van der Waals surface area (Å²) in [6.07, 6.45) is 3.94. The molecule has 2 aromatic rings. The van der Waals surface area contributed by atoms with Gasteiger partial charge in [0.2, 0.25) is 5.91 Å². The van der Waals surface area contributed by atoms with Crippen LogP contribution in [0.5, 0.6) is 0 Å².